The molecule has 1 rings (SSSR count). The Kier molecular flexibility index (Phi) is 2.87. The maximum atomic E-state index is 10.6. The molecule has 1 aromatic carbocycles. The van der Waals surface area contributed by atoms with Gasteiger partial charge in [0.2, 0.25) is 6.41 Å². The van der Waals surface area contributed by atoms with Crippen molar-refractivity contribution in [3.8, 4) is 0 Å². The molecule has 0 saturated heterocycles. The SMILES string of the molecule is O=CNc1c(Cl)cccc1C(=O)O. The zero-order chi connectivity index (χ0) is 9.84. The maximum absolute atomic E-state index is 10.6. The number of nitrogens with one attached hydrogen (secondary N) is 1. The van der Waals surface area contributed by atoms with Gasteiger partial charge >= 0.3 is 5.97 Å². The summed E-state index contributed by atoms with van der Waals surface area (Å²) in [6, 6.07) is 4.36. The molecular formula is C8H6ClNO3. The summed E-state index contributed by atoms with van der Waals surface area (Å²) in [7, 11) is 0. The zero-order valence-electron chi connectivity index (χ0n) is 6.45. The van der Waals surface area contributed by atoms with E-state index in [4.69, 9.17) is 16.7 Å². The van der Waals surface area contributed by atoms with Crippen LogP contribution in [-0.4, -0.2) is 17.5 Å². The van der Waals surface area contributed by atoms with E-state index in [2.05, 4.69) is 5.32 Å². The van der Waals surface area contributed by atoms with Gasteiger partial charge in [-0.1, -0.05) is 17.7 Å². The molecule has 0 unspecified atom stereocenters. The molecule has 1 amide bonds. The number of aromatic carboxylic acids is 1. The Morgan fingerprint density at radius 1 is 1.54 bits per heavy atom. The number of rotatable bonds is 3. The predicted molar refractivity (Wildman–Crippen MR) is 48.1 cm³/mol. The van der Waals surface area contributed by atoms with Crippen LogP contribution in [0.3, 0.4) is 0 Å². The number of carboxylic acid groups (broad SMARTS) is 1. The normalized spacial score (nSPS) is 9.31. The van der Waals surface area contributed by atoms with E-state index in [1.807, 2.05) is 0 Å². The van der Waals surface area contributed by atoms with E-state index >= 15 is 0 Å². The van der Waals surface area contributed by atoms with Crippen molar-refractivity contribution in [2.24, 2.45) is 0 Å². The summed E-state index contributed by atoms with van der Waals surface area (Å²) < 4.78 is 0. The number of amides is 1. The van der Waals surface area contributed by atoms with Crippen LogP contribution in [0.4, 0.5) is 5.69 Å². The minimum atomic E-state index is -1.13. The average molecular weight is 200 g/mol. The fourth-order valence-electron chi connectivity index (χ4n) is 0.908. The fourth-order valence-corrected chi connectivity index (χ4v) is 1.14. The molecule has 0 spiro atoms. The molecule has 5 heteroatoms. The Labute approximate surface area is 79.1 Å². The van der Waals surface area contributed by atoms with Crippen LogP contribution in [0.1, 0.15) is 10.4 Å². The topological polar surface area (TPSA) is 66.4 Å². The van der Waals surface area contributed by atoms with Gasteiger partial charge in [0, 0.05) is 0 Å². The fraction of sp³-hybridized carbons (Fsp3) is 0. The van der Waals surface area contributed by atoms with Gasteiger partial charge in [0.05, 0.1) is 16.3 Å². The lowest BCUT2D eigenvalue weighted by Gasteiger charge is -2.05. The number of benzene rings is 1. The van der Waals surface area contributed by atoms with Gasteiger partial charge in [-0.15, -0.1) is 0 Å². The van der Waals surface area contributed by atoms with Crippen LogP contribution in [0.25, 0.3) is 0 Å². The highest BCUT2D eigenvalue weighted by Crippen LogP contribution is 2.25. The average Bonchev–Trinajstić information content (AvgIpc) is 2.08. The van der Waals surface area contributed by atoms with E-state index in [0.29, 0.717) is 6.41 Å². The highest BCUT2D eigenvalue weighted by atomic mass is 35.5. The van der Waals surface area contributed by atoms with Crippen molar-refractivity contribution in [2.45, 2.75) is 0 Å². The number of anilines is 1. The quantitative estimate of drug-likeness (QED) is 0.727. The van der Waals surface area contributed by atoms with Gasteiger partial charge in [-0.05, 0) is 12.1 Å². The lowest BCUT2D eigenvalue weighted by Crippen LogP contribution is -2.04. The van der Waals surface area contributed by atoms with Crippen LogP contribution in [0.15, 0.2) is 18.2 Å². The summed E-state index contributed by atoms with van der Waals surface area (Å²) in [5.41, 5.74) is 0.0891. The smallest absolute Gasteiger partial charge is 0.337 e. The van der Waals surface area contributed by atoms with Crippen molar-refractivity contribution in [1.29, 1.82) is 0 Å². The number of hydrogen-bond donors (Lipinski definition) is 2. The minimum absolute atomic E-state index is 0.0281. The van der Waals surface area contributed by atoms with Gasteiger partial charge in [-0.25, -0.2) is 4.79 Å². The standard InChI is InChI=1S/C8H6ClNO3/c9-6-3-1-2-5(8(12)13)7(6)10-4-11/h1-4H,(H,10,11)(H,12,13). The Balaban J connectivity index is 3.24. The van der Waals surface area contributed by atoms with E-state index in [0.717, 1.165) is 0 Å². The molecule has 1 aromatic rings. The van der Waals surface area contributed by atoms with E-state index in [9.17, 15) is 9.59 Å². The van der Waals surface area contributed by atoms with Gasteiger partial charge in [0.1, 0.15) is 0 Å². The number of hydrogen-bond acceptors (Lipinski definition) is 2. The lowest BCUT2D eigenvalue weighted by atomic mass is 10.2. The van der Waals surface area contributed by atoms with Crippen molar-refractivity contribution in [3.05, 3.63) is 28.8 Å². The number of halogens is 1. The van der Waals surface area contributed by atoms with Gasteiger partial charge in [0.15, 0.2) is 0 Å². The minimum Gasteiger partial charge on any atom is -0.478 e. The first-order valence-electron chi connectivity index (χ1n) is 3.39. The molecule has 0 aliphatic heterocycles. The molecule has 4 nitrogen and oxygen atoms in total. The maximum Gasteiger partial charge on any atom is 0.337 e. The number of carbonyl (C=O) groups is 2. The summed E-state index contributed by atoms with van der Waals surface area (Å²) >= 11 is 5.67. The summed E-state index contributed by atoms with van der Waals surface area (Å²) in [5.74, 6) is -1.13. The van der Waals surface area contributed by atoms with Crippen molar-refractivity contribution in [3.63, 3.8) is 0 Å². The Bertz CT molecular complexity index is 351. The van der Waals surface area contributed by atoms with Crippen LogP contribution in [0.2, 0.25) is 5.02 Å². The summed E-state index contributed by atoms with van der Waals surface area (Å²) in [6.45, 7) is 0. The van der Waals surface area contributed by atoms with E-state index < -0.39 is 5.97 Å². The molecule has 0 atom stereocenters. The van der Waals surface area contributed by atoms with Crippen LogP contribution < -0.4 is 5.32 Å². The third-order valence-electron chi connectivity index (χ3n) is 1.45. The van der Waals surface area contributed by atoms with Crippen LogP contribution in [0.5, 0.6) is 0 Å². The number of para-hydroxylation sites is 1. The molecule has 0 fully saturated rings. The van der Waals surface area contributed by atoms with Crippen LogP contribution in [-0.2, 0) is 4.79 Å². The number of carboxylic acids is 1. The molecule has 0 heterocycles. The summed E-state index contributed by atoms with van der Waals surface area (Å²) in [5, 5.41) is 11.1. The van der Waals surface area contributed by atoms with E-state index in [1.165, 1.54) is 18.2 Å². The number of carbonyl (C=O) groups excluding carboxylic acids is 1. The van der Waals surface area contributed by atoms with Gasteiger partial charge in [-0.3, -0.25) is 4.79 Å². The third kappa shape index (κ3) is 1.97. The molecule has 0 bridgehead atoms. The molecule has 68 valence electrons. The van der Waals surface area contributed by atoms with E-state index in [-0.39, 0.29) is 16.3 Å². The second-order valence-electron chi connectivity index (χ2n) is 2.23. The summed E-state index contributed by atoms with van der Waals surface area (Å²) in [6.07, 6.45) is 0.383. The van der Waals surface area contributed by atoms with Gasteiger partial charge in [0.25, 0.3) is 0 Å². The first kappa shape index (κ1) is 9.54. The van der Waals surface area contributed by atoms with Crippen molar-refractivity contribution in [2.75, 3.05) is 5.32 Å². The molecular weight excluding hydrogens is 194 g/mol. The van der Waals surface area contributed by atoms with Crippen LogP contribution >= 0.6 is 11.6 Å². The summed E-state index contributed by atoms with van der Waals surface area (Å²) in [4.78, 5) is 20.8. The molecule has 2 N–H and O–H groups in total. The molecule has 13 heavy (non-hydrogen) atoms. The molecule has 0 aliphatic carbocycles. The molecule has 0 aromatic heterocycles. The first-order chi connectivity index (χ1) is 6.16. The van der Waals surface area contributed by atoms with Gasteiger partial charge in [-0.2, -0.15) is 0 Å². The monoisotopic (exact) mass is 199 g/mol. The Morgan fingerprint density at radius 2 is 2.23 bits per heavy atom. The lowest BCUT2D eigenvalue weighted by molar-refractivity contribution is -0.105. The predicted octanol–water partition coefficient (Wildman–Crippen LogP) is 1.61. The largest absolute Gasteiger partial charge is 0.478 e. The van der Waals surface area contributed by atoms with Crippen molar-refractivity contribution < 1.29 is 14.7 Å². The Morgan fingerprint density at radius 3 is 2.77 bits per heavy atom. The van der Waals surface area contributed by atoms with E-state index in [1.54, 1.807) is 0 Å². The molecule has 0 radical (unpaired) electrons. The second-order valence-corrected chi connectivity index (χ2v) is 2.64. The zero-order valence-corrected chi connectivity index (χ0v) is 7.21. The highest BCUT2D eigenvalue weighted by Gasteiger charge is 2.11. The Hall–Kier alpha value is -1.55. The van der Waals surface area contributed by atoms with Crippen LogP contribution in [0, 0.1) is 0 Å². The second kappa shape index (κ2) is 3.91. The third-order valence-corrected chi connectivity index (χ3v) is 1.76. The first-order valence-corrected chi connectivity index (χ1v) is 3.76. The van der Waals surface area contributed by atoms with Crippen molar-refractivity contribution >= 4 is 29.7 Å². The molecule has 0 saturated carbocycles. The highest BCUT2D eigenvalue weighted by molar-refractivity contribution is 6.34. The van der Waals surface area contributed by atoms with Crippen molar-refractivity contribution in [1.82, 2.24) is 0 Å². The van der Waals surface area contributed by atoms with Gasteiger partial charge < -0.3 is 10.4 Å². The molecule has 0 aliphatic rings.